The molecule has 8 heteroatoms. The van der Waals surface area contributed by atoms with E-state index in [0.29, 0.717) is 23.2 Å². The van der Waals surface area contributed by atoms with Crippen LogP contribution in [0.15, 0.2) is 78.9 Å². The van der Waals surface area contributed by atoms with E-state index in [1.54, 1.807) is 24.3 Å². The summed E-state index contributed by atoms with van der Waals surface area (Å²) in [6.07, 6.45) is 1.32. The molecule has 0 fully saturated rings. The Hall–Kier alpha value is -4.46. The smallest absolute Gasteiger partial charge is 0.306 e. The Morgan fingerprint density at radius 1 is 0.750 bits per heavy atom. The summed E-state index contributed by atoms with van der Waals surface area (Å²) in [4.78, 5) is 48.4. The number of benzene rings is 3. The number of esters is 1. The SMILES string of the molecule is Cc1ccccc1C(=O)Nc1ccc(C(=O)NNC(=O)CCC(=O)OCCCc2ccccc2)cc1. The minimum atomic E-state index is -0.524. The third-order valence-corrected chi connectivity index (χ3v) is 5.38. The van der Waals surface area contributed by atoms with E-state index in [-0.39, 0.29) is 25.4 Å². The van der Waals surface area contributed by atoms with E-state index in [0.717, 1.165) is 12.0 Å². The monoisotopic (exact) mass is 487 g/mol. The van der Waals surface area contributed by atoms with E-state index in [4.69, 9.17) is 4.74 Å². The molecule has 0 heterocycles. The molecule has 0 aliphatic carbocycles. The zero-order valence-corrected chi connectivity index (χ0v) is 20.1. The Morgan fingerprint density at radius 3 is 2.17 bits per heavy atom. The van der Waals surface area contributed by atoms with Crippen molar-refractivity contribution in [3.63, 3.8) is 0 Å². The molecular formula is C28H29N3O5. The maximum Gasteiger partial charge on any atom is 0.306 e. The molecule has 0 atom stereocenters. The quantitative estimate of drug-likeness (QED) is 0.228. The number of anilines is 1. The lowest BCUT2D eigenvalue weighted by Crippen LogP contribution is -2.41. The fraction of sp³-hybridized carbons (Fsp3) is 0.214. The molecule has 3 aromatic rings. The second-order valence-electron chi connectivity index (χ2n) is 8.16. The molecule has 8 nitrogen and oxygen atoms in total. The molecule has 36 heavy (non-hydrogen) atoms. The second-order valence-corrected chi connectivity index (χ2v) is 8.16. The van der Waals surface area contributed by atoms with Crippen molar-refractivity contribution >= 4 is 29.4 Å². The first-order valence-electron chi connectivity index (χ1n) is 11.7. The maximum absolute atomic E-state index is 12.4. The van der Waals surface area contributed by atoms with E-state index >= 15 is 0 Å². The molecule has 3 amide bonds. The third kappa shape index (κ3) is 8.39. The zero-order valence-electron chi connectivity index (χ0n) is 20.1. The molecule has 3 N–H and O–H groups in total. The number of rotatable bonds is 10. The van der Waals surface area contributed by atoms with Crippen molar-refractivity contribution in [2.75, 3.05) is 11.9 Å². The molecule has 0 unspecified atom stereocenters. The fourth-order valence-corrected chi connectivity index (χ4v) is 3.39. The van der Waals surface area contributed by atoms with Gasteiger partial charge in [-0.05, 0) is 61.2 Å². The molecule has 3 aromatic carbocycles. The van der Waals surface area contributed by atoms with Crippen LogP contribution in [0.25, 0.3) is 0 Å². The van der Waals surface area contributed by atoms with Crippen molar-refractivity contribution in [2.45, 2.75) is 32.6 Å². The highest BCUT2D eigenvalue weighted by Crippen LogP contribution is 2.13. The molecule has 3 rings (SSSR count). The van der Waals surface area contributed by atoms with Gasteiger partial charge in [-0.15, -0.1) is 0 Å². The van der Waals surface area contributed by atoms with Gasteiger partial charge >= 0.3 is 5.97 Å². The Balaban J connectivity index is 1.33. The number of amides is 3. The predicted molar refractivity (Wildman–Crippen MR) is 136 cm³/mol. The minimum Gasteiger partial charge on any atom is -0.466 e. The average Bonchev–Trinajstić information content (AvgIpc) is 2.89. The van der Waals surface area contributed by atoms with Crippen LogP contribution in [0.3, 0.4) is 0 Å². The second kappa shape index (κ2) is 13.4. The molecule has 0 bridgehead atoms. The molecular weight excluding hydrogens is 458 g/mol. The van der Waals surface area contributed by atoms with Crippen LogP contribution in [0, 0.1) is 6.92 Å². The highest BCUT2D eigenvalue weighted by Gasteiger charge is 2.12. The van der Waals surface area contributed by atoms with Crippen LogP contribution < -0.4 is 16.2 Å². The van der Waals surface area contributed by atoms with Gasteiger partial charge in [-0.2, -0.15) is 0 Å². The lowest BCUT2D eigenvalue weighted by Gasteiger charge is -2.10. The van der Waals surface area contributed by atoms with Crippen LogP contribution in [0.4, 0.5) is 5.69 Å². The van der Waals surface area contributed by atoms with Gasteiger partial charge in [0.2, 0.25) is 5.91 Å². The first-order chi connectivity index (χ1) is 17.4. The molecule has 0 aliphatic heterocycles. The van der Waals surface area contributed by atoms with Gasteiger partial charge in [-0.1, -0.05) is 48.5 Å². The number of hydrogen-bond acceptors (Lipinski definition) is 5. The number of hydrazine groups is 1. The molecule has 0 saturated carbocycles. The van der Waals surface area contributed by atoms with Crippen molar-refractivity contribution in [1.82, 2.24) is 10.9 Å². The van der Waals surface area contributed by atoms with Crippen LogP contribution in [-0.2, 0) is 20.7 Å². The summed E-state index contributed by atoms with van der Waals surface area (Å²) in [6.45, 7) is 2.14. The van der Waals surface area contributed by atoms with Gasteiger partial charge in [0.25, 0.3) is 11.8 Å². The van der Waals surface area contributed by atoms with Crippen molar-refractivity contribution < 1.29 is 23.9 Å². The van der Waals surface area contributed by atoms with Gasteiger partial charge < -0.3 is 10.1 Å². The predicted octanol–water partition coefficient (Wildman–Crippen LogP) is 3.96. The molecule has 186 valence electrons. The summed E-state index contributed by atoms with van der Waals surface area (Å²) in [7, 11) is 0. The highest BCUT2D eigenvalue weighted by atomic mass is 16.5. The summed E-state index contributed by atoms with van der Waals surface area (Å²) in [5.41, 5.74) is 8.02. The number of nitrogens with one attached hydrogen (secondary N) is 3. The number of carbonyl (C=O) groups excluding carboxylic acids is 4. The standard InChI is InChI=1S/C28H29N3O5/c1-20-8-5-6-12-24(20)28(35)29-23-15-13-22(14-16-23)27(34)31-30-25(32)17-18-26(33)36-19-7-11-21-9-3-2-4-10-21/h2-6,8-10,12-16H,7,11,17-19H2,1H3,(H,29,35)(H,30,32)(H,31,34). The van der Waals surface area contributed by atoms with Crippen molar-refractivity contribution in [3.05, 3.63) is 101 Å². The van der Waals surface area contributed by atoms with Gasteiger partial charge in [0.15, 0.2) is 0 Å². The van der Waals surface area contributed by atoms with Gasteiger partial charge in [0.05, 0.1) is 13.0 Å². The van der Waals surface area contributed by atoms with Crippen molar-refractivity contribution in [1.29, 1.82) is 0 Å². The fourth-order valence-electron chi connectivity index (χ4n) is 3.39. The van der Waals surface area contributed by atoms with Crippen LogP contribution in [-0.4, -0.2) is 30.3 Å². The van der Waals surface area contributed by atoms with Crippen molar-refractivity contribution in [3.8, 4) is 0 Å². The van der Waals surface area contributed by atoms with Gasteiger partial charge in [0.1, 0.15) is 0 Å². The van der Waals surface area contributed by atoms with E-state index in [9.17, 15) is 19.2 Å². The largest absolute Gasteiger partial charge is 0.466 e. The van der Waals surface area contributed by atoms with E-state index in [1.165, 1.54) is 17.7 Å². The third-order valence-electron chi connectivity index (χ3n) is 5.38. The van der Waals surface area contributed by atoms with Crippen LogP contribution in [0.1, 0.15) is 51.1 Å². The summed E-state index contributed by atoms with van der Waals surface area (Å²) < 4.78 is 5.15. The Morgan fingerprint density at radius 2 is 1.44 bits per heavy atom. The van der Waals surface area contributed by atoms with Gasteiger partial charge in [-0.25, -0.2) is 0 Å². The molecule has 0 aromatic heterocycles. The zero-order chi connectivity index (χ0) is 25.8. The Kier molecular flexibility index (Phi) is 9.76. The van der Waals surface area contributed by atoms with Gasteiger partial charge in [0, 0.05) is 23.2 Å². The molecule has 0 spiro atoms. The lowest BCUT2D eigenvalue weighted by molar-refractivity contribution is -0.145. The normalized spacial score (nSPS) is 10.2. The number of carbonyl (C=O) groups is 4. The summed E-state index contributed by atoms with van der Waals surface area (Å²) in [6, 6.07) is 23.4. The number of ether oxygens (including phenoxy) is 1. The molecule has 0 saturated heterocycles. The van der Waals surface area contributed by atoms with E-state index in [1.807, 2.05) is 49.4 Å². The van der Waals surface area contributed by atoms with E-state index in [2.05, 4.69) is 16.2 Å². The average molecular weight is 488 g/mol. The molecule has 0 aliphatic rings. The van der Waals surface area contributed by atoms with Crippen LogP contribution >= 0.6 is 0 Å². The first-order valence-corrected chi connectivity index (χ1v) is 11.7. The minimum absolute atomic E-state index is 0.0810. The topological polar surface area (TPSA) is 114 Å². The van der Waals surface area contributed by atoms with E-state index < -0.39 is 17.8 Å². The summed E-state index contributed by atoms with van der Waals surface area (Å²) >= 11 is 0. The first kappa shape index (κ1) is 26.2. The highest BCUT2D eigenvalue weighted by molar-refractivity contribution is 6.05. The van der Waals surface area contributed by atoms with Crippen LogP contribution in [0.2, 0.25) is 0 Å². The van der Waals surface area contributed by atoms with Crippen LogP contribution in [0.5, 0.6) is 0 Å². The lowest BCUT2D eigenvalue weighted by atomic mass is 10.1. The number of aryl methyl sites for hydroxylation is 2. The molecule has 0 radical (unpaired) electrons. The number of hydrogen-bond donors (Lipinski definition) is 3. The maximum atomic E-state index is 12.4. The Bertz CT molecular complexity index is 1190. The summed E-state index contributed by atoms with van der Waals surface area (Å²) in [5, 5.41) is 2.78. The summed E-state index contributed by atoms with van der Waals surface area (Å²) in [5.74, 6) is -1.74. The van der Waals surface area contributed by atoms with Crippen molar-refractivity contribution in [2.24, 2.45) is 0 Å². The Labute approximate surface area is 210 Å². The van der Waals surface area contributed by atoms with Gasteiger partial charge in [-0.3, -0.25) is 30.0 Å².